The van der Waals surface area contributed by atoms with Gasteiger partial charge in [-0.1, -0.05) is 93.7 Å². The minimum absolute atomic E-state index is 0.301. The van der Waals surface area contributed by atoms with Crippen LogP contribution in [0.3, 0.4) is 0 Å². The molecule has 0 spiro atoms. The minimum Gasteiger partial charge on any atom is -0.390 e. The maximum atomic E-state index is 11.7. The lowest BCUT2D eigenvalue weighted by Gasteiger charge is -2.01. The Labute approximate surface area is 182 Å². The summed E-state index contributed by atoms with van der Waals surface area (Å²) in [4.78, 5) is 23.4. The van der Waals surface area contributed by atoms with Crippen LogP contribution in [0.25, 0.3) is 6.08 Å². The molecule has 0 saturated carbocycles. The zero-order chi connectivity index (χ0) is 21.7. The van der Waals surface area contributed by atoms with Crippen molar-refractivity contribution < 1.29 is 14.3 Å². The monoisotopic (exact) mass is 410 g/mol. The molecule has 1 aromatic carbocycles. The molecule has 164 valence electrons. The average molecular weight is 411 g/mol. The summed E-state index contributed by atoms with van der Waals surface area (Å²) < 4.78 is 4.81. The standard InChI is InChI=1S/C27H38O3/c1-2-3-4-5-6-7-8-9-10-11-12-13-14-15-19-22-26(28)30-27(29)24-23-25-20-17-16-18-21-25/h6-7,9-10,16-18,20-21,23-24H,2-5,8,11-15,19,22H2,1H3/b7-6-,10-9-,24-23+. The third kappa shape index (κ3) is 15.5. The quantitative estimate of drug-likeness (QED) is 0.0927. The molecular weight excluding hydrogens is 372 g/mol. The lowest BCUT2D eigenvalue weighted by atomic mass is 10.1. The second kappa shape index (κ2) is 18.6. The fourth-order valence-electron chi connectivity index (χ4n) is 3.01. The third-order valence-corrected chi connectivity index (χ3v) is 4.76. The van der Waals surface area contributed by atoms with E-state index in [-0.39, 0.29) is 0 Å². The SMILES string of the molecule is CCCCC/C=C\C/C=C\CCCCCCCC(=O)OC(=O)/C=C/c1ccccc1. The largest absolute Gasteiger partial charge is 0.390 e. The molecule has 0 saturated heterocycles. The normalized spacial score (nSPS) is 11.6. The van der Waals surface area contributed by atoms with Crippen molar-refractivity contribution in [1.82, 2.24) is 0 Å². The lowest BCUT2D eigenvalue weighted by molar-refractivity contribution is -0.156. The van der Waals surface area contributed by atoms with E-state index in [1.807, 2.05) is 30.3 Å². The minimum atomic E-state index is -0.605. The van der Waals surface area contributed by atoms with Gasteiger partial charge in [-0.3, -0.25) is 4.79 Å². The number of hydrogen-bond donors (Lipinski definition) is 0. The summed E-state index contributed by atoms with van der Waals surface area (Å²) in [6, 6.07) is 9.45. The number of ether oxygens (including phenoxy) is 1. The number of benzene rings is 1. The Kier molecular flexibility index (Phi) is 15.9. The summed E-state index contributed by atoms with van der Waals surface area (Å²) >= 11 is 0. The first-order valence-electron chi connectivity index (χ1n) is 11.5. The van der Waals surface area contributed by atoms with Crippen LogP contribution in [0.15, 0.2) is 60.7 Å². The summed E-state index contributed by atoms with van der Waals surface area (Å²) in [6.45, 7) is 2.23. The van der Waals surface area contributed by atoms with E-state index in [0.717, 1.165) is 37.7 Å². The molecule has 0 N–H and O–H groups in total. The molecule has 1 rings (SSSR count). The first-order chi connectivity index (χ1) is 14.7. The van der Waals surface area contributed by atoms with Crippen molar-refractivity contribution in [2.24, 2.45) is 0 Å². The predicted octanol–water partition coefficient (Wildman–Crippen LogP) is 7.58. The van der Waals surface area contributed by atoms with E-state index >= 15 is 0 Å². The van der Waals surface area contributed by atoms with E-state index in [0.29, 0.717) is 6.42 Å². The molecule has 0 atom stereocenters. The van der Waals surface area contributed by atoms with Gasteiger partial charge in [0.1, 0.15) is 0 Å². The van der Waals surface area contributed by atoms with Crippen LogP contribution in [-0.2, 0) is 14.3 Å². The van der Waals surface area contributed by atoms with E-state index in [1.54, 1.807) is 6.08 Å². The summed E-state index contributed by atoms with van der Waals surface area (Å²) in [7, 11) is 0. The predicted molar refractivity (Wildman–Crippen MR) is 126 cm³/mol. The van der Waals surface area contributed by atoms with Crippen molar-refractivity contribution in [3.63, 3.8) is 0 Å². The van der Waals surface area contributed by atoms with Gasteiger partial charge in [-0.2, -0.15) is 0 Å². The molecule has 0 fully saturated rings. The molecule has 0 bridgehead atoms. The molecule has 0 aliphatic carbocycles. The maximum Gasteiger partial charge on any atom is 0.338 e. The number of rotatable bonds is 16. The van der Waals surface area contributed by atoms with Crippen LogP contribution in [0.4, 0.5) is 0 Å². The zero-order valence-electron chi connectivity index (χ0n) is 18.6. The first kappa shape index (κ1) is 25.6. The summed E-state index contributed by atoms with van der Waals surface area (Å²) in [5.74, 6) is -1.05. The second-order valence-electron chi connectivity index (χ2n) is 7.52. The molecule has 0 aromatic heterocycles. The Bertz CT molecular complexity index is 656. The maximum absolute atomic E-state index is 11.7. The van der Waals surface area contributed by atoms with Crippen LogP contribution in [0.5, 0.6) is 0 Å². The van der Waals surface area contributed by atoms with Crippen LogP contribution in [0.2, 0.25) is 0 Å². The molecule has 0 heterocycles. The Morgan fingerprint density at radius 2 is 1.43 bits per heavy atom. The highest BCUT2D eigenvalue weighted by atomic mass is 16.6. The number of esters is 2. The molecule has 3 heteroatoms. The Hall–Kier alpha value is -2.42. The summed E-state index contributed by atoms with van der Waals surface area (Å²) in [5, 5.41) is 0. The first-order valence-corrected chi connectivity index (χ1v) is 11.5. The molecule has 0 radical (unpaired) electrons. The molecule has 1 aromatic rings. The van der Waals surface area contributed by atoms with Crippen molar-refractivity contribution >= 4 is 18.0 Å². The molecule has 0 aliphatic rings. The smallest absolute Gasteiger partial charge is 0.338 e. The topological polar surface area (TPSA) is 43.4 Å². The van der Waals surface area contributed by atoms with E-state index in [4.69, 9.17) is 4.74 Å². The van der Waals surface area contributed by atoms with E-state index in [2.05, 4.69) is 31.2 Å². The number of carbonyl (C=O) groups is 2. The Morgan fingerprint density at radius 3 is 2.13 bits per heavy atom. The van der Waals surface area contributed by atoms with Gasteiger partial charge in [-0.15, -0.1) is 0 Å². The molecular formula is C27H38O3. The van der Waals surface area contributed by atoms with E-state index in [9.17, 15) is 9.59 Å². The van der Waals surface area contributed by atoms with Crippen molar-refractivity contribution in [1.29, 1.82) is 0 Å². The fourth-order valence-corrected chi connectivity index (χ4v) is 3.01. The molecule has 3 nitrogen and oxygen atoms in total. The van der Waals surface area contributed by atoms with Gasteiger partial charge in [0, 0.05) is 12.5 Å². The number of carbonyl (C=O) groups excluding carboxylic acids is 2. The Balaban J connectivity index is 1.94. The highest BCUT2D eigenvalue weighted by Gasteiger charge is 2.07. The van der Waals surface area contributed by atoms with Crippen LogP contribution in [-0.4, -0.2) is 11.9 Å². The van der Waals surface area contributed by atoms with Gasteiger partial charge >= 0.3 is 11.9 Å². The zero-order valence-corrected chi connectivity index (χ0v) is 18.6. The van der Waals surface area contributed by atoms with E-state index in [1.165, 1.54) is 44.6 Å². The third-order valence-electron chi connectivity index (χ3n) is 4.76. The summed E-state index contributed by atoms with van der Waals surface area (Å²) in [5.41, 5.74) is 0.899. The van der Waals surface area contributed by atoms with Gasteiger partial charge in [-0.05, 0) is 50.2 Å². The Morgan fingerprint density at radius 1 is 0.800 bits per heavy atom. The van der Waals surface area contributed by atoms with Gasteiger partial charge < -0.3 is 4.74 Å². The highest BCUT2D eigenvalue weighted by Crippen LogP contribution is 2.09. The number of unbranched alkanes of at least 4 members (excludes halogenated alkanes) is 8. The fraction of sp³-hybridized carbons (Fsp3) is 0.481. The van der Waals surface area contributed by atoms with Gasteiger partial charge in [0.15, 0.2) is 0 Å². The van der Waals surface area contributed by atoms with Crippen LogP contribution >= 0.6 is 0 Å². The van der Waals surface area contributed by atoms with Crippen LogP contribution in [0.1, 0.15) is 89.5 Å². The molecule has 30 heavy (non-hydrogen) atoms. The van der Waals surface area contributed by atoms with Crippen molar-refractivity contribution in [2.45, 2.75) is 84.0 Å². The van der Waals surface area contributed by atoms with E-state index < -0.39 is 11.9 Å². The second-order valence-corrected chi connectivity index (χ2v) is 7.52. The number of hydrogen-bond acceptors (Lipinski definition) is 3. The van der Waals surface area contributed by atoms with Crippen molar-refractivity contribution in [3.8, 4) is 0 Å². The highest BCUT2D eigenvalue weighted by molar-refractivity contribution is 5.94. The molecule has 0 unspecified atom stereocenters. The molecule has 0 aliphatic heterocycles. The van der Waals surface area contributed by atoms with Crippen LogP contribution in [0, 0.1) is 0 Å². The van der Waals surface area contributed by atoms with Gasteiger partial charge in [0.25, 0.3) is 0 Å². The van der Waals surface area contributed by atoms with Crippen LogP contribution < -0.4 is 0 Å². The summed E-state index contributed by atoms with van der Waals surface area (Å²) in [6.07, 6.45) is 24.8. The number of allylic oxidation sites excluding steroid dienone is 4. The molecule has 0 amide bonds. The van der Waals surface area contributed by atoms with Gasteiger partial charge in [0.05, 0.1) is 0 Å². The average Bonchev–Trinajstić information content (AvgIpc) is 2.75. The van der Waals surface area contributed by atoms with Crippen molar-refractivity contribution in [2.75, 3.05) is 0 Å². The lowest BCUT2D eigenvalue weighted by Crippen LogP contribution is -2.09. The van der Waals surface area contributed by atoms with Gasteiger partial charge in [-0.25, -0.2) is 4.79 Å². The van der Waals surface area contributed by atoms with Gasteiger partial charge in [0.2, 0.25) is 0 Å². The van der Waals surface area contributed by atoms with Crippen molar-refractivity contribution in [3.05, 3.63) is 66.3 Å².